The Morgan fingerprint density at radius 3 is 2.65 bits per heavy atom. The Kier molecular flexibility index (Phi) is 6.87. The fourth-order valence-corrected chi connectivity index (χ4v) is 4.29. The molecule has 23 heavy (non-hydrogen) atoms. The molecule has 1 aromatic rings. The normalized spacial score (nSPS) is 14.6. The number of hydrogen-bond donors (Lipinski definition) is 4. The molecule has 0 fully saturated rings. The van der Waals surface area contributed by atoms with Gasteiger partial charge in [-0.1, -0.05) is 0 Å². The van der Waals surface area contributed by atoms with E-state index < -0.39 is 32.1 Å². The third kappa shape index (κ3) is 5.74. The molecule has 1 rings (SSSR count). The van der Waals surface area contributed by atoms with Crippen LogP contribution in [0.4, 0.5) is 5.69 Å². The van der Waals surface area contributed by atoms with E-state index in [2.05, 4.69) is 5.32 Å². The minimum absolute atomic E-state index is 0.0857. The van der Waals surface area contributed by atoms with Crippen molar-refractivity contribution in [3.05, 3.63) is 18.2 Å². The molecule has 0 bridgehead atoms. The summed E-state index contributed by atoms with van der Waals surface area (Å²) in [5, 5.41) is 11.8. The van der Waals surface area contributed by atoms with E-state index in [0.717, 1.165) is 24.6 Å². The van der Waals surface area contributed by atoms with Crippen LogP contribution < -0.4 is 15.4 Å². The van der Waals surface area contributed by atoms with Crippen molar-refractivity contribution >= 4 is 36.1 Å². The Hall–Kier alpha value is -1.76. The van der Waals surface area contributed by atoms with Gasteiger partial charge in [0.2, 0.25) is 0 Å². The van der Waals surface area contributed by atoms with E-state index in [1.54, 1.807) is 0 Å². The Morgan fingerprint density at radius 2 is 2.09 bits per heavy atom. The molecular weight excluding hydrogens is 367 g/mol. The second-order valence-electron chi connectivity index (χ2n) is 5.06. The third-order valence-corrected chi connectivity index (χ3v) is 5.97. The molecule has 1 amide bonds. The SMILES string of the molecule is CCCC[C@H](N)C(=O)O[As](=O)(O)c1ccc(O)cc1NC(C)=O. The molecule has 128 valence electrons. The summed E-state index contributed by atoms with van der Waals surface area (Å²) in [4.78, 5) is 23.0. The predicted octanol–water partition coefficient (Wildman–Crippen LogP) is -0.0200. The summed E-state index contributed by atoms with van der Waals surface area (Å²) in [6.45, 7) is 3.13. The zero-order valence-electron chi connectivity index (χ0n) is 13.0. The second-order valence-corrected chi connectivity index (χ2v) is 8.64. The van der Waals surface area contributed by atoms with Gasteiger partial charge in [0.25, 0.3) is 0 Å². The van der Waals surface area contributed by atoms with Gasteiger partial charge in [0.1, 0.15) is 0 Å². The molecule has 9 heteroatoms. The van der Waals surface area contributed by atoms with Crippen LogP contribution in [0, 0.1) is 0 Å². The number of phenolic OH excluding ortho intramolecular Hbond substituents is 1. The molecular formula is C14H21AsN2O6. The van der Waals surface area contributed by atoms with Crippen LogP contribution in [0.5, 0.6) is 5.75 Å². The van der Waals surface area contributed by atoms with Crippen LogP contribution >= 0.6 is 0 Å². The second kappa shape index (κ2) is 8.19. The summed E-state index contributed by atoms with van der Waals surface area (Å²) in [6, 6.07) is 2.41. The van der Waals surface area contributed by atoms with E-state index in [0.29, 0.717) is 12.8 Å². The summed E-state index contributed by atoms with van der Waals surface area (Å²) < 4.78 is 27.0. The zero-order chi connectivity index (χ0) is 17.6. The van der Waals surface area contributed by atoms with Crippen molar-refractivity contribution < 1.29 is 26.3 Å². The van der Waals surface area contributed by atoms with Crippen molar-refractivity contribution in [1.29, 1.82) is 0 Å². The van der Waals surface area contributed by atoms with Gasteiger partial charge >= 0.3 is 136 Å². The van der Waals surface area contributed by atoms with E-state index in [-0.39, 0.29) is 15.8 Å². The molecule has 0 saturated heterocycles. The van der Waals surface area contributed by atoms with E-state index in [1.165, 1.54) is 6.92 Å². The van der Waals surface area contributed by atoms with Gasteiger partial charge in [-0.05, 0) is 0 Å². The van der Waals surface area contributed by atoms with Crippen molar-refractivity contribution in [3.63, 3.8) is 0 Å². The summed E-state index contributed by atoms with van der Waals surface area (Å²) in [5.41, 5.74) is 5.54. The number of carbonyl (C=O) groups excluding carboxylic acids is 2. The van der Waals surface area contributed by atoms with Gasteiger partial charge in [-0.2, -0.15) is 0 Å². The average Bonchev–Trinajstić information content (AvgIpc) is 2.43. The van der Waals surface area contributed by atoms with Crippen LogP contribution in [0.1, 0.15) is 33.1 Å². The molecule has 5 N–H and O–H groups in total. The molecule has 0 aliphatic carbocycles. The van der Waals surface area contributed by atoms with Crippen molar-refractivity contribution in [1.82, 2.24) is 0 Å². The number of benzene rings is 1. The molecule has 1 unspecified atom stereocenters. The Bertz CT molecular complexity index is 634. The number of nitrogens with two attached hydrogens (primary N) is 1. The molecule has 0 aliphatic heterocycles. The van der Waals surface area contributed by atoms with E-state index >= 15 is 0 Å². The number of amides is 1. The van der Waals surface area contributed by atoms with Crippen LogP contribution in [-0.4, -0.2) is 41.3 Å². The maximum absolute atomic E-state index is 12.4. The van der Waals surface area contributed by atoms with Crippen molar-refractivity contribution in [2.24, 2.45) is 5.73 Å². The molecule has 0 aliphatic rings. The molecule has 8 nitrogen and oxygen atoms in total. The van der Waals surface area contributed by atoms with Gasteiger partial charge in [-0.15, -0.1) is 0 Å². The first-order chi connectivity index (χ1) is 10.7. The monoisotopic (exact) mass is 388 g/mol. The van der Waals surface area contributed by atoms with Crippen LogP contribution in [0.25, 0.3) is 0 Å². The first kappa shape index (κ1) is 19.3. The summed E-state index contributed by atoms with van der Waals surface area (Å²) in [5.74, 6) is -1.68. The van der Waals surface area contributed by atoms with Gasteiger partial charge in [-0.25, -0.2) is 0 Å². The summed E-state index contributed by atoms with van der Waals surface area (Å²) in [6.07, 6.45) is 1.86. The first-order valence-electron chi connectivity index (χ1n) is 7.10. The quantitative estimate of drug-likeness (QED) is 0.482. The van der Waals surface area contributed by atoms with Crippen molar-refractivity contribution in [2.45, 2.75) is 39.2 Å². The molecule has 1 aromatic carbocycles. The molecule has 0 heterocycles. The third-order valence-electron chi connectivity index (χ3n) is 2.98. The summed E-state index contributed by atoms with van der Waals surface area (Å²) >= 11 is -5.27. The number of aromatic hydroxyl groups is 1. The number of phenols is 1. The fraction of sp³-hybridized carbons (Fsp3) is 0.429. The standard InChI is InChI=1S/C14H21AsN2O6/c1-3-4-5-12(16)14(20)23-15(21,22)11-7-6-10(19)8-13(11)17-9(2)18/h6-8,12,19H,3-5,16H2,1-2H3,(H,17,18)(H,21,22)/t12-/m0/s1. The van der Waals surface area contributed by atoms with E-state index in [4.69, 9.17) is 9.46 Å². The zero-order valence-corrected chi connectivity index (χ0v) is 14.9. The van der Waals surface area contributed by atoms with Gasteiger partial charge in [0.05, 0.1) is 0 Å². The minimum atomic E-state index is -5.27. The van der Waals surface area contributed by atoms with Gasteiger partial charge in [0.15, 0.2) is 0 Å². The topological polar surface area (TPSA) is 139 Å². The number of anilines is 1. The number of nitrogens with one attached hydrogen (secondary N) is 1. The average molecular weight is 388 g/mol. The summed E-state index contributed by atoms with van der Waals surface area (Å²) in [7, 11) is 0. The van der Waals surface area contributed by atoms with Crippen LogP contribution in [0.15, 0.2) is 18.2 Å². The number of carbonyl (C=O) groups is 2. The van der Waals surface area contributed by atoms with Crippen molar-refractivity contribution in [3.8, 4) is 5.75 Å². The van der Waals surface area contributed by atoms with E-state index in [1.807, 2.05) is 6.92 Å². The molecule has 0 saturated carbocycles. The Labute approximate surface area is 137 Å². The predicted molar refractivity (Wildman–Crippen MR) is 84.3 cm³/mol. The fourth-order valence-electron chi connectivity index (χ4n) is 1.84. The molecule has 0 spiro atoms. The van der Waals surface area contributed by atoms with Crippen molar-refractivity contribution in [2.75, 3.05) is 5.32 Å². The Balaban J connectivity index is 3.01. The van der Waals surface area contributed by atoms with E-state index in [9.17, 15) is 22.5 Å². The van der Waals surface area contributed by atoms with Gasteiger partial charge in [-0.3, -0.25) is 0 Å². The van der Waals surface area contributed by atoms with Gasteiger partial charge in [0, 0.05) is 0 Å². The number of hydrogen-bond acceptors (Lipinski definition) is 6. The van der Waals surface area contributed by atoms with Crippen LogP contribution in [0.3, 0.4) is 0 Å². The number of rotatable bonds is 7. The molecule has 0 aromatic heterocycles. The molecule has 0 radical (unpaired) electrons. The number of unbranched alkanes of at least 4 members (excludes halogenated alkanes) is 1. The van der Waals surface area contributed by atoms with Crippen LogP contribution in [-0.2, 0) is 17.1 Å². The molecule has 2 atom stereocenters. The van der Waals surface area contributed by atoms with Crippen LogP contribution in [0.2, 0.25) is 0 Å². The Morgan fingerprint density at radius 1 is 1.43 bits per heavy atom. The maximum atomic E-state index is 12.4. The first-order valence-corrected chi connectivity index (χ1v) is 10.4. The van der Waals surface area contributed by atoms with Gasteiger partial charge < -0.3 is 0 Å².